The zero-order chi connectivity index (χ0) is 13.9. The van der Waals surface area contributed by atoms with Crippen LogP contribution in [-0.2, 0) is 6.54 Å². The lowest BCUT2D eigenvalue weighted by Gasteiger charge is -2.25. The van der Waals surface area contributed by atoms with Crippen molar-refractivity contribution in [3.05, 3.63) is 52.2 Å². The van der Waals surface area contributed by atoms with Gasteiger partial charge in [0, 0.05) is 24.3 Å². The van der Waals surface area contributed by atoms with E-state index in [0.29, 0.717) is 0 Å². The first kappa shape index (κ1) is 13.7. The van der Waals surface area contributed by atoms with Crippen LogP contribution in [0.4, 0.5) is 5.69 Å². The lowest BCUT2D eigenvalue weighted by molar-refractivity contribution is 0.698. The molecule has 0 bridgehead atoms. The molecule has 1 fully saturated rings. The monoisotopic (exact) mass is 286 g/mol. The highest BCUT2D eigenvalue weighted by atomic mass is 32.1. The molecule has 2 N–H and O–H groups in total. The van der Waals surface area contributed by atoms with Crippen LogP contribution in [0.5, 0.6) is 0 Å². The highest BCUT2D eigenvalue weighted by molar-refractivity contribution is 7.07. The van der Waals surface area contributed by atoms with E-state index in [4.69, 9.17) is 5.73 Å². The summed E-state index contributed by atoms with van der Waals surface area (Å²) >= 11 is 1.78. The second kappa shape index (κ2) is 5.98. The van der Waals surface area contributed by atoms with Gasteiger partial charge in [0.1, 0.15) is 0 Å². The molecule has 1 aromatic heterocycles. The van der Waals surface area contributed by atoms with Crippen molar-refractivity contribution in [3.8, 4) is 0 Å². The van der Waals surface area contributed by atoms with Crippen molar-refractivity contribution in [2.75, 3.05) is 4.90 Å². The van der Waals surface area contributed by atoms with E-state index in [0.717, 1.165) is 19.0 Å². The van der Waals surface area contributed by atoms with Crippen molar-refractivity contribution < 1.29 is 0 Å². The first-order chi connectivity index (χ1) is 9.78. The first-order valence-electron chi connectivity index (χ1n) is 7.41. The molecule has 3 rings (SSSR count). The average Bonchev–Trinajstić information content (AvgIpc) is 3.21. The smallest absolute Gasteiger partial charge is 0.0440 e. The number of anilines is 1. The number of hydrogen-bond donors (Lipinski definition) is 1. The summed E-state index contributed by atoms with van der Waals surface area (Å²) in [5, 5.41) is 4.40. The van der Waals surface area contributed by atoms with Crippen LogP contribution in [0, 0.1) is 0 Å². The second-order valence-electron chi connectivity index (χ2n) is 5.60. The molecule has 1 aromatic carbocycles. The van der Waals surface area contributed by atoms with Crippen LogP contribution in [-0.4, -0.2) is 6.04 Å². The molecule has 0 spiro atoms. The van der Waals surface area contributed by atoms with E-state index in [1.165, 1.54) is 29.7 Å². The zero-order valence-electron chi connectivity index (χ0n) is 12.0. The Morgan fingerprint density at radius 3 is 2.55 bits per heavy atom. The summed E-state index contributed by atoms with van der Waals surface area (Å²) in [6.07, 6.45) is 3.63. The molecular formula is C17H22N2S. The van der Waals surface area contributed by atoms with Crippen molar-refractivity contribution in [1.29, 1.82) is 0 Å². The average molecular weight is 286 g/mol. The zero-order valence-corrected chi connectivity index (χ0v) is 12.8. The molecule has 1 unspecified atom stereocenters. The standard InChI is InChI=1S/C17H22N2S/c1-2-17(18)14-3-5-15(6-4-14)19(16-7-8-16)11-13-9-10-20-12-13/h3-6,9-10,12,16-17H,2,7-8,11,18H2,1H3. The van der Waals surface area contributed by atoms with Gasteiger partial charge in [0.25, 0.3) is 0 Å². The summed E-state index contributed by atoms with van der Waals surface area (Å²) in [6.45, 7) is 3.15. The molecule has 0 radical (unpaired) electrons. The predicted molar refractivity (Wildman–Crippen MR) is 87.2 cm³/mol. The van der Waals surface area contributed by atoms with Gasteiger partial charge in [-0.1, -0.05) is 19.1 Å². The van der Waals surface area contributed by atoms with E-state index in [1.807, 2.05) is 0 Å². The number of thiophene rings is 1. The van der Waals surface area contributed by atoms with Crippen molar-refractivity contribution >= 4 is 17.0 Å². The highest BCUT2D eigenvalue weighted by Gasteiger charge is 2.29. The minimum atomic E-state index is 0.162. The van der Waals surface area contributed by atoms with E-state index in [1.54, 1.807) is 11.3 Å². The van der Waals surface area contributed by atoms with Gasteiger partial charge < -0.3 is 10.6 Å². The van der Waals surface area contributed by atoms with Gasteiger partial charge in [0.2, 0.25) is 0 Å². The fourth-order valence-corrected chi connectivity index (χ4v) is 3.21. The fourth-order valence-electron chi connectivity index (χ4n) is 2.55. The normalized spacial score (nSPS) is 16.1. The summed E-state index contributed by atoms with van der Waals surface area (Å²) in [5.41, 5.74) is 10.1. The minimum absolute atomic E-state index is 0.162. The van der Waals surface area contributed by atoms with Crippen molar-refractivity contribution in [2.45, 2.75) is 44.8 Å². The number of hydrogen-bond acceptors (Lipinski definition) is 3. The van der Waals surface area contributed by atoms with Gasteiger partial charge in [-0.05, 0) is 59.3 Å². The molecule has 1 saturated carbocycles. The van der Waals surface area contributed by atoms with Gasteiger partial charge in [-0.25, -0.2) is 0 Å². The van der Waals surface area contributed by atoms with Crippen LogP contribution in [0.15, 0.2) is 41.1 Å². The highest BCUT2D eigenvalue weighted by Crippen LogP contribution is 2.33. The molecular weight excluding hydrogens is 264 g/mol. The Balaban J connectivity index is 1.77. The van der Waals surface area contributed by atoms with Crippen LogP contribution in [0.1, 0.15) is 43.4 Å². The maximum atomic E-state index is 6.09. The molecule has 2 nitrogen and oxygen atoms in total. The van der Waals surface area contributed by atoms with Crippen LogP contribution in [0.2, 0.25) is 0 Å². The first-order valence-corrected chi connectivity index (χ1v) is 8.35. The van der Waals surface area contributed by atoms with Gasteiger partial charge in [-0.3, -0.25) is 0 Å². The number of nitrogens with zero attached hydrogens (tertiary/aromatic N) is 1. The third kappa shape index (κ3) is 3.05. The summed E-state index contributed by atoms with van der Waals surface area (Å²) < 4.78 is 0. The van der Waals surface area contributed by atoms with E-state index in [9.17, 15) is 0 Å². The van der Waals surface area contributed by atoms with E-state index < -0.39 is 0 Å². The van der Waals surface area contributed by atoms with Crippen molar-refractivity contribution in [1.82, 2.24) is 0 Å². The second-order valence-corrected chi connectivity index (χ2v) is 6.38. The molecule has 1 aliphatic rings. The lowest BCUT2D eigenvalue weighted by atomic mass is 10.0. The summed E-state index contributed by atoms with van der Waals surface area (Å²) in [7, 11) is 0. The Kier molecular flexibility index (Phi) is 4.08. The van der Waals surface area contributed by atoms with Crippen molar-refractivity contribution in [3.63, 3.8) is 0 Å². The van der Waals surface area contributed by atoms with Gasteiger partial charge in [0.05, 0.1) is 0 Å². The molecule has 20 heavy (non-hydrogen) atoms. The quantitative estimate of drug-likeness (QED) is 0.856. The third-order valence-electron chi connectivity index (χ3n) is 4.01. The van der Waals surface area contributed by atoms with Crippen LogP contribution < -0.4 is 10.6 Å². The maximum Gasteiger partial charge on any atom is 0.0440 e. The fraction of sp³-hybridized carbons (Fsp3) is 0.412. The topological polar surface area (TPSA) is 29.3 Å². The van der Waals surface area contributed by atoms with Crippen LogP contribution in [0.3, 0.4) is 0 Å². The number of nitrogens with two attached hydrogens (primary N) is 1. The number of benzene rings is 1. The van der Waals surface area contributed by atoms with Crippen LogP contribution in [0.25, 0.3) is 0 Å². The molecule has 0 aliphatic heterocycles. The molecule has 0 saturated heterocycles. The van der Waals surface area contributed by atoms with E-state index >= 15 is 0 Å². The third-order valence-corrected chi connectivity index (χ3v) is 4.75. The Morgan fingerprint density at radius 1 is 1.25 bits per heavy atom. The maximum absolute atomic E-state index is 6.09. The largest absolute Gasteiger partial charge is 0.364 e. The number of rotatable bonds is 6. The molecule has 0 amide bonds. The Hall–Kier alpha value is -1.32. The Labute approximate surface area is 125 Å². The van der Waals surface area contributed by atoms with Gasteiger partial charge in [-0.15, -0.1) is 0 Å². The van der Waals surface area contributed by atoms with Crippen LogP contribution >= 0.6 is 11.3 Å². The summed E-state index contributed by atoms with van der Waals surface area (Å²) in [5.74, 6) is 0. The van der Waals surface area contributed by atoms with Gasteiger partial charge in [-0.2, -0.15) is 11.3 Å². The predicted octanol–water partition coefficient (Wildman–Crippen LogP) is 4.33. The molecule has 2 aromatic rings. The minimum Gasteiger partial charge on any atom is -0.364 e. The molecule has 1 atom stereocenters. The molecule has 106 valence electrons. The lowest BCUT2D eigenvalue weighted by Crippen LogP contribution is -2.24. The van der Waals surface area contributed by atoms with Gasteiger partial charge in [0.15, 0.2) is 0 Å². The molecule has 1 heterocycles. The Morgan fingerprint density at radius 2 is 2.00 bits per heavy atom. The molecule has 1 aliphatic carbocycles. The summed E-state index contributed by atoms with van der Waals surface area (Å²) in [4.78, 5) is 2.53. The Bertz CT molecular complexity index is 529. The SMILES string of the molecule is CCC(N)c1ccc(N(Cc2ccsc2)C2CC2)cc1. The van der Waals surface area contributed by atoms with Crippen molar-refractivity contribution in [2.24, 2.45) is 5.73 Å². The van der Waals surface area contributed by atoms with Gasteiger partial charge >= 0.3 is 0 Å². The van der Waals surface area contributed by atoms with E-state index in [-0.39, 0.29) is 6.04 Å². The molecule has 3 heteroatoms. The summed E-state index contributed by atoms with van der Waals surface area (Å²) in [6, 6.07) is 11.9. The van der Waals surface area contributed by atoms with E-state index in [2.05, 4.69) is 52.9 Å².